The van der Waals surface area contributed by atoms with E-state index in [0.29, 0.717) is 37.2 Å². The van der Waals surface area contributed by atoms with Gasteiger partial charge in [-0.3, -0.25) is 19.5 Å². The molecule has 0 saturated carbocycles. The molecule has 2 aliphatic heterocycles. The maximum atomic E-state index is 13.1. The Morgan fingerprint density at radius 3 is 2.46 bits per heavy atom. The molecule has 2 aromatic rings. The lowest BCUT2D eigenvalue weighted by atomic mass is 9.87. The fraction of sp³-hybridized carbons (Fsp3) is 0.300. The van der Waals surface area contributed by atoms with E-state index >= 15 is 0 Å². The van der Waals surface area contributed by atoms with Gasteiger partial charge in [0.2, 0.25) is 0 Å². The first-order valence-corrected chi connectivity index (χ1v) is 9.07. The van der Waals surface area contributed by atoms with Crippen LogP contribution in [0.3, 0.4) is 0 Å². The van der Waals surface area contributed by atoms with Gasteiger partial charge in [0, 0.05) is 19.3 Å². The fourth-order valence-electron chi connectivity index (χ4n) is 3.67. The van der Waals surface area contributed by atoms with Gasteiger partial charge in [-0.2, -0.15) is 0 Å². The van der Waals surface area contributed by atoms with E-state index in [1.165, 1.54) is 12.1 Å². The van der Waals surface area contributed by atoms with E-state index in [-0.39, 0.29) is 24.2 Å². The molecular weight excluding hydrogens is 363 g/mol. The SMILES string of the molecule is O=C(c1ccccn1)N1CCC2(CC1)NC(=O)N(Cc1ccc(F)cc1)C2=O. The quantitative estimate of drug-likeness (QED) is 0.823. The number of amides is 4. The van der Waals surface area contributed by atoms with Crippen LogP contribution in [0, 0.1) is 5.82 Å². The Kier molecular flexibility index (Phi) is 4.54. The minimum atomic E-state index is -0.988. The molecule has 144 valence electrons. The first kappa shape index (κ1) is 18.1. The van der Waals surface area contributed by atoms with E-state index in [2.05, 4.69) is 10.3 Å². The second-order valence-corrected chi connectivity index (χ2v) is 7.04. The van der Waals surface area contributed by atoms with E-state index in [9.17, 15) is 18.8 Å². The normalized spacial score (nSPS) is 18.5. The molecule has 0 radical (unpaired) electrons. The number of nitrogens with zero attached hydrogens (tertiary/aromatic N) is 3. The minimum Gasteiger partial charge on any atom is -0.337 e. The molecule has 0 atom stereocenters. The van der Waals surface area contributed by atoms with Crippen LogP contribution in [0.15, 0.2) is 48.7 Å². The zero-order chi connectivity index (χ0) is 19.7. The molecule has 2 fully saturated rings. The van der Waals surface area contributed by atoms with E-state index in [1.54, 1.807) is 41.4 Å². The first-order valence-electron chi connectivity index (χ1n) is 9.07. The summed E-state index contributed by atoms with van der Waals surface area (Å²) in [7, 11) is 0. The third kappa shape index (κ3) is 3.21. The van der Waals surface area contributed by atoms with Crippen molar-refractivity contribution in [2.45, 2.75) is 24.9 Å². The summed E-state index contributed by atoms with van der Waals surface area (Å²) < 4.78 is 13.1. The number of aromatic nitrogens is 1. The maximum Gasteiger partial charge on any atom is 0.325 e. The van der Waals surface area contributed by atoms with Crippen LogP contribution in [-0.4, -0.2) is 51.3 Å². The maximum absolute atomic E-state index is 13.1. The molecular formula is C20H19FN4O3. The monoisotopic (exact) mass is 382 g/mol. The van der Waals surface area contributed by atoms with Gasteiger partial charge in [0.25, 0.3) is 11.8 Å². The lowest BCUT2D eigenvalue weighted by molar-refractivity contribution is -0.133. The molecule has 0 unspecified atom stereocenters. The van der Waals surface area contributed by atoms with Crippen molar-refractivity contribution < 1.29 is 18.8 Å². The van der Waals surface area contributed by atoms with Crippen molar-refractivity contribution in [3.63, 3.8) is 0 Å². The van der Waals surface area contributed by atoms with Crippen LogP contribution in [0.1, 0.15) is 28.9 Å². The van der Waals surface area contributed by atoms with Gasteiger partial charge < -0.3 is 10.2 Å². The van der Waals surface area contributed by atoms with Gasteiger partial charge >= 0.3 is 6.03 Å². The Labute approximate surface area is 161 Å². The number of rotatable bonds is 3. The number of imide groups is 1. The first-order chi connectivity index (χ1) is 13.5. The second-order valence-electron chi connectivity index (χ2n) is 7.04. The zero-order valence-electron chi connectivity index (χ0n) is 15.1. The van der Waals surface area contributed by atoms with E-state index in [1.807, 2.05) is 0 Å². The highest BCUT2D eigenvalue weighted by Crippen LogP contribution is 2.30. The summed E-state index contributed by atoms with van der Waals surface area (Å²) in [5.41, 5.74) is 0.0424. The van der Waals surface area contributed by atoms with Crippen molar-refractivity contribution in [2.24, 2.45) is 0 Å². The average molecular weight is 382 g/mol. The van der Waals surface area contributed by atoms with Crippen molar-refractivity contribution in [3.8, 4) is 0 Å². The molecule has 2 aliphatic rings. The summed E-state index contributed by atoms with van der Waals surface area (Å²) in [5.74, 6) is -0.857. The highest BCUT2D eigenvalue weighted by molar-refractivity contribution is 6.07. The molecule has 8 heteroatoms. The van der Waals surface area contributed by atoms with Gasteiger partial charge in [-0.05, 0) is 42.7 Å². The van der Waals surface area contributed by atoms with Crippen LogP contribution in [-0.2, 0) is 11.3 Å². The summed E-state index contributed by atoms with van der Waals surface area (Å²) in [6, 6.07) is 10.4. The van der Waals surface area contributed by atoms with E-state index in [0.717, 1.165) is 4.90 Å². The topological polar surface area (TPSA) is 82.6 Å². The molecule has 0 bridgehead atoms. The molecule has 1 N–H and O–H groups in total. The number of benzene rings is 1. The summed E-state index contributed by atoms with van der Waals surface area (Å²) >= 11 is 0. The largest absolute Gasteiger partial charge is 0.337 e. The number of halogens is 1. The van der Waals surface area contributed by atoms with Gasteiger partial charge in [0.15, 0.2) is 0 Å². The van der Waals surface area contributed by atoms with Gasteiger partial charge in [0.1, 0.15) is 17.1 Å². The highest BCUT2D eigenvalue weighted by atomic mass is 19.1. The van der Waals surface area contributed by atoms with Gasteiger partial charge in [-0.25, -0.2) is 9.18 Å². The third-order valence-corrected chi connectivity index (χ3v) is 5.29. The number of hydrogen-bond acceptors (Lipinski definition) is 4. The van der Waals surface area contributed by atoms with Crippen molar-refractivity contribution in [1.82, 2.24) is 20.1 Å². The van der Waals surface area contributed by atoms with Crippen LogP contribution in [0.5, 0.6) is 0 Å². The summed E-state index contributed by atoms with van der Waals surface area (Å²) in [4.78, 5) is 44.8. The smallest absolute Gasteiger partial charge is 0.325 e. The number of carbonyl (C=O) groups excluding carboxylic acids is 3. The molecule has 28 heavy (non-hydrogen) atoms. The molecule has 0 aliphatic carbocycles. The highest BCUT2D eigenvalue weighted by Gasteiger charge is 2.52. The average Bonchev–Trinajstić information content (AvgIpc) is 2.94. The molecule has 2 saturated heterocycles. The Morgan fingerprint density at radius 1 is 1.11 bits per heavy atom. The standard InChI is InChI=1S/C20H19FN4O3/c21-15-6-4-14(5-7-15)13-25-18(27)20(23-19(25)28)8-11-24(12-9-20)17(26)16-3-1-2-10-22-16/h1-7,10H,8-9,11-13H2,(H,23,28). The fourth-order valence-corrected chi connectivity index (χ4v) is 3.67. The van der Waals surface area contributed by atoms with Crippen molar-refractivity contribution >= 4 is 17.8 Å². The van der Waals surface area contributed by atoms with Crippen molar-refractivity contribution in [3.05, 3.63) is 65.7 Å². The number of hydrogen-bond donors (Lipinski definition) is 1. The van der Waals surface area contributed by atoms with Crippen LogP contribution < -0.4 is 5.32 Å². The van der Waals surface area contributed by atoms with Crippen LogP contribution in [0.25, 0.3) is 0 Å². The summed E-state index contributed by atoms with van der Waals surface area (Å²) in [6.07, 6.45) is 2.25. The van der Waals surface area contributed by atoms with Gasteiger partial charge in [0.05, 0.1) is 6.54 Å². The predicted molar refractivity (Wildman–Crippen MR) is 97.6 cm³/mol. The third-order valence-electron chi connectivity index (χ3n) is 5.29. The predicted octanol–water partition coefficient (Wildman–Crippen LogP) is 1.95. The number of likely N-dealkylation sites (tertiary alicyclic amines) is 1. The molecule has 3 heterocycles. The van der Waals surface area contributed by atoms with Crippen LogP contribution in [0.4, 0.5) is 9.18 Å². The Hall–Kier alpha value is -3.29. The molecule has 4 amide bonds. The second kappa shape index (κ2) is 7.03. The zero-order valence-corrected chi connectivity index (χ0v) is 15.1. The number of piperidine rings is 1. The van der Waals surface area contributed by atoms with Gasteiger partial charge in [-0.15, -0.1) is 0 Å². The Morgan fingerprint density at radius 2 is 1.82 bits per heavy atom. The molecule has 7 nitrogen and oxygen atoms in total. The van der Waals surface area contributed by atoms with Gasteiger partial charge in [-0.1, -0.05) is 18.2 Å². The number of pyridine rings is 1. The van der Waals surface area contributed by atoms with Crippen LogP contribution >= 0.6 is 0 Å². The minimum absolute atomic E-state index is 0.0866. The van der Waals surface area contributed by atoms with E-state index < -0.39 is 11.6 Å². The lowest BCUT2D eigenvalue weighted by Crippen LogP contribution is -2.55. The van der Waals surface area contributed by atoms with Crippen LogP contribution in [0.2, 0.25) is 0 Å². The van der Waals surface area contributed by atoms with Crippen molar-refractivity contribution in [2.75, 3.05) is 13.1 Å². The molecule has 4 rings (SSSR count). The van der Waals surface area contributed by atoms with E-state index in [4.69, 9.17) is 0 Å². The molecule has 1 spiro atoms. The number of urea groups is 1. The summed E-state index contributed by atoms with van der Waals surface area (Å²) in [5, 5.41) is 2.81. The molecule has 1 aromatic heterocycles. The summed E-state index contributed by atoms with van der Waals surface area (Å²) in [6.45, 7) is 0.793. The number of nitrogens with one attached hydrogen (secondary N) is 1. The number of carbonyl (C=O) groups is 3. The Bertz CT molecular complexity index is 909. The van der Waals surface area contributed by atoms with Crippen molar-refractivity contribution in [1.29, 1.82) is 0 Å². The Balaban J connectivity index is 1.44. The molecule has 1 aromatic carbocycles. The lowest BCUT2D eigenvalue weighted by Gasteiger charge is -2.37.